The summed E-state index contributed by atoms with van der Waals surface area (Å²) in [7, 11) is 3.91. The zero-order valence-corrected chi connectivity index (χ0v) is 6.89. The van der Waals surface area contributed by atoms with Crippen molar-refractivity contribution in [2.24, 2.45) is 5.10 Å². The Balaban J connectivity index is 2.59. The second-order valence-corrected chi connectivity index (χ2v) is 2.93. The maximum absolute atomic E-state index is 4.30. The van der Waals surface area contributed by atoms with E-state index in [0.717, 1.165) is 6.42 Å². The highest BCUT2D eigenvalue weighted by atomic mass is 15.4. The van der Waals surface area contributed by atoms with Gasteiger partial charge in [0.25, 0.3) is 0 Å². The lowest BCUT2D eigenvalue weighted by atomic mass is 10.3. The first kappa shape index (κ1) is 7.32. The summed E-state index contributed by atoms with van der Waals surface area (Å²) in [6.07, 6.45) is 4.47. The number of hydrogen-bond donors (Lipinski definition) is 0. The Morgan fingerprint density at radius 2 is 2.10 bits per heavy atom. The maximum atomic E-state index is 4.30. The first-order valence-electron chi connectivity index (χ1n) is 3.60. The molecule has 0 aliphatic heterocycles. The molecule has 0 fully saturated rings. The van der Waals surface area contributed by atoms with E-state index in [1.807, 2.05) is 19.1 Å². The van der Waals surface area contributed by atoms with Gasteiger partial charge in [0.1, 0.15) is 0 Å². The number of hydrogen-bond acceptors (Lipinski definition) is 2. The lowest BCUT2D eigenvalue weighted by Crippen LogP contribution is -2.05. The van der Waals surface area contributed by atoms with Crippen molar-refractivity contribution in [2.45, 2.75) is 19.8 Å². The summed E-state index contributed by atoms with van der Waals surface area (Å²) < 4.78 is 0. The molecule has 2 heteroatoms. The van der Waals surface area contributed by atoms with E-state index in [1.54, 1.807) is 0 Å². The van der Waals surface area contributed by atoms with E-state index < -0.39 is 0 Å². The van der Waals surface area contributed by atoms with Crippen molar-refractivity contribution in [3.05, 3.63) is 11.6 Å². The van der Waals surface area contributed by atoms with Crippen LogP contribution in [0.2, 0.25) is 0 Å². The average molecular weight is 138 g/mol. The Hall–Kier alpha value is -0.790. The molecular weight excluding hydrogens is 124 g/mol. The van der Waals surface area contributed by atoms with Crippen LogP contribution in [0.1, 0.15) is 19.8 Å². The van der Waals surface area contributed by atoms with E-state index in [-0.39, 0.29) is 0 Å². The van der Waals surface area contributed by atoms with Crippen molar-refractivity contribution in [2.75, 3.05) is 14.1 Å². The van der Waals surface area contributed by atoms with Crippen LogP contribution in [0.25, 0.3) is 0 Å². The van der Waals surface area contributed by atoms with Gasteiger partial charge in [-0.1, -0.05) is 5.57 Å². The van der Waals surface area contributed by atoms with Crippen LogP contribution in [0.15, 0.2) is 16.8 Å². The molecule has 0 N–H and O–H groups in total. The first-order chi connectivity index (χ1) is 4.68. The Morgan fingerprint density at radius 3 is 2.50 bits per heavy atom. The van der Waals surface area contributed by atoms with Crippen LogP contribution in [0, 0.1) is 0 Å². The van der Waals surface area contributed by atoms with Crippen LogP contribution in [-0.2, 0) is 0 Å². The van der Waals surface area contributed by atoms with Crippen molar-refractivity contribution in [1.29, 1.82) is 0 Å². The summed E-state index contributed by atoms with van der Waals surface area (Å²) >= 11 is 0. The predicted octanol–water partition coefficient (Wildman–Crippen LogP) is 1.64. The van der Waals surface area contributed by atoms with Gasteiger partial charge < -0.3 is 5.01 Å². The van der Waals surface area contributed by atoms with Crippen molar-refractivity contribution in [1.82, 2.24) is 5.01 Å². The van der Waals surface area contributed by atoms with E-state index in [1.165, 1.54) is 17.7 Å². The highest BCUT2D eigenvalue weighted by molar-refractivity contribution is 5.97. The Kier molecular flexibility index (Phi) is 2.10. The Bertz CT molecular complexity index is 178. The van der Waals surface area contributed by atoms with Crippen molar-refractivity contribution in [3.8, 4) is 0 Å². The molecule has 56 valence electrons. The third-order valence-corrected chi connectivity index (χ3v) is 1.52. The molecule has 0 saturated heterocycles. The third kappa shape index (κ3) is 1.87. The van der Waals surface area contributed by atoms with Gasteiger partial charge in [-0.15, -0.1) is 0 Å². The van der Waals surface area contributed by atoms with E-state index in [0.29, 0.717) is 0 Å². The topological polar surface area (TPSA) is 15.6 Å². The SMILES string of the molecule is CC1=C/C(=N\N(C)C)CC1. The predicted molar refractivity (Wildman–Crippen MR) is 44.1 cm³/mol. The number of nitrogens with zero attached hydrogens (tertiary/aromatic N) is 2. The third-order valence-electron chi connectivity index (χ3n) is 1.52. The summed E-state index contributed by atoms with van der Waals surface area (Å²) in [6, 6.07) is 0. The summed E-state index contributed by atoms with van der Waals surface area (Å²) in [4.78, 5) is 0. The minimum absolute atomic E-state index is 1.12. The highest BCUT2D eigenvalue weighted by Crippen LogP contribution is 2.14. The normalized spacial score (nSPS) is 21.5. The smallest absolute Gasteiger partial charge is 0.0607 e. The maximum Gasteiger partial charge on any atom is 0.0607 e. The molecule has 10 heavy (non-hydrogen) atoms. The van der Waals surface area contributed by atoms with Crippen LogP contribution in [0.5, 0.6) is 0 Å². The van der Waals surface area contributed by atoms with E-state index in [4.69, 9.17) is 0 Å². The van der Waals surface area contributed by atoms with Crippen LogP contribution < -0.4 is 0 Å². The molecule has 0 radical (unpaired) electrons. The van der Waals surface area contributed by atoms with Gasteiger partial charge in [-0.2, -0.15) is 5.10 Å². The molecule has 0 saturated carbocycles. The summed E-state index contributed by atoms with van der Waals surface area (Å²) in [5, 5.41) is 6.15. The molecule has 0 aromatic heterocycles. The van der Waals surface area contributed by atoms with Crippen LogP contribution >= 0.6 is 0 Å². The summed E-state index contributed by atoms with van der Waals surface area (Å²) in [5.41, 5.74) is 2.66. The van der Waals surface area contributed by atoms with Gasteiger partial charge in [-0.05, 0) is 25.8 Å². The second-order valence-electron chi connectivity index (χ2n) is 2.93. The van der Waals surface area contributed by atoms with Crippen molar-refractivity contribution < 1.29 is 0 Å². The van der Waals surface area contributed by atoms with Gasteiger partial charge in [-0.25, -0.2) is 0 Å². The molecule has 0 spiro atoms. The lowest BCUT2D eigenvalue weighted by Gasteiger charge is -2.03. The number of rotatable bonds is 1. The lowest BCUT2D eigenvalue weighted by molar-refractivity contribution is 0.437. The molecular formula is C8H14N2. The molecule has 0 aromatic carbocycles. The highest BCUT2D eigenvalue weighted by Gasteiger charge is 2.05. The van der Waals surface area contributed by atoms with Crippen molar-refractivity contribution in [3.63, 3.8) is 0 Å². The summed E-state index contributed by atoms with van der Waals surface area (Å²) in [5.74, 6) is 0. The van der Waals surface area contributed by atoms with Gasteiger partial charge in [0, 0.05) is 14.1 Å². The standard InChI is InChI=1S/C8H14N2/c1-7-4-5-8(6-7)9-10(2)3/h6H,4-5H2,1-3H3/b9-8-. The second kappa shape index (κ2) is 2.86. The average Bonchev–Trinajstić information content (AvgIpc) is 2.13. The minimum Gasteiger partial charge on any atom is -0.303 e. The molecule has 1 aliphatic rings. The van der Waals surface area contributed by atoms with Gasteiger partial charge in [0.05, 0.1) is 5.71 Å². The number of hydrazone groups is 1. The van der Waals surface area contributed by atoms with Gasteiger partial charge in [0.15, 0.2) is 0 Å². The molecule has 0 bridgehead atoms. The zero-order chi connectivity index (χ0) is 7.56. The largest absolute Gasteiger partial charge is 0.303 e. The van der Waals surface area contributed by atoms with Gasteiger partial charge in [0.2, 0.25) is 0 Å². The van der Waals surface area contributed by atoms with E-state index in [2.05, 4.69) is 18.1 Å². The molecule has 0 unspecified atom stereocenters. The zero-order valence-electron chi connectivity index (χ0n) is 6.89. The molecule has 2 nitrogen and oxygen atoms in total. The molecule has 0 amide bonds. The minimum atomic E-state index is 1.12. The number of allylic oxidation sites excluding steroid dienone is 2. The summed E-state index contributed by atoms with van der Waals surface area (Å²) in [6.45, 7) is 2.15. The Labute approximate surface area is 62.2 Å². The first-order valence-corrected chi connectivity index (χ1v) is 3.60. The molecule has 0 atom stereocenters. The fourth-order valence-electron chi connectivity index (χ4n) is 1.09. The van der Waals surface area contributed by atoms with E-state index >= 15 is 0 Å². The molecule has 0 aromatic rings. The van der Waals surface area contributed by atoms with Gasteiger partial charge in [-0.3, -0.25) is 0 Å². The van der Waals surface area contributed by atoms with Gasteiger partial charge >= 0.3 is 0 Å². The van der Waals surface area contributed by atoms with Crippen LogP contribution in [-0.4, -0.2) is 24.8 Å². The molecule has 1 rings (SSSR count). The Morgan fingerprint density at radius 1 is 1.40 bits per heavy atom. The fraction of sp³-hybridized carbons (Fsp3) is 0.625. The monoisotopic (exact) mass is 138 g/mol. The fourth-order valence-corrected chi connectivity index (χ4v) is 1.09. The molecule has 1 aliphatic carbocycles. The van der Waals surface area contributed by atoms with E-state index in [9.17, 15) is 0 Å². The quantitative estimate of drug-likeness (QED) is 0.503. The van der Waals surface area contributed by atoms with Crippen LogP contribution in [0.4, 0.5) is 0 Å². The van der Waals surface area contributed by atoms with Crippen molar-refractivity contribution >= 4 is 5.71 Å². The molecule has 0 heterocycles. The van der Waals surface area contributed by atoms with Crippen LogP contribution in [0.3, 0.4) is 0 Å².